The number of ether oxygens (including phenoxy) is 1. The molecule has 1 aromatic carbocycles. The summed E-state index contributed by atoms with van der Waals surface area (Å²) < 4.78 is 18.7. The van der Waals surface area contributed by atoms with Crippen molar-refractivity contribution >= 4 is 11.8 Å². The maximum absolute atomic E-state index is 13.9. The number of aryl methyl sites for hydroxylation is 1. The fraction of sp³-hybridized carbons (Fsp3) is 0.368. The lowest BCUT2D eigenvalue weighted by atomic mass is 10.1. The van der Waals surface area contributed by atoms with Gasteiger partial charge in [0.2, 0.25) is 0 Å². The standard InChI is InChI=1S/C19H23FN2O3/c1-11-17(19(24)25-5)12(2)21-18(11)16(23)10-22(4)13(3)14-8-6-7-9-15(14)20/h6-9,13,21H,10H2,1-5H3. The van der Waals surface area contributed by atoms with Crippen LogP contribution in [0.1, 0.15) is 50.6 Å². The maximum Gasteiger partial charge on any atom is 0.339 e. The number of esters is 1. The molecule has 2 rings (SSSR count). The van der Waals surface area contributed by atoms with E-state index in [2.05, 4.69) is 4.98 Å². The topological polar surface area (TPSA) is 62.4 Å². The average Bonchev–Trinajstić information content (AvgIpc) is 2.88. The molecule has 5 nitrogen and oxygen atoms in total. The number of hydrogen-bond acceptors (Lipinski definition) is 4. The monoisotopic (exact) mass is 346 g/mol. The van der Waals surface area contributed by atoms with E-state index < -0.39 is 5.97 Å². The minimum Gasteiger partial charge on any atom is -0.465 e. The first-order chi connectivity index (χ1) is 11.8. The molecule has 0 fully saturated rings. The van der Waals surface area contributed by atoms with Gasteiger partial charge in [0.1, 0.15) is 5.82 Å². The molecule has 0 aliphatic carbocycles. The number of Topliss-reactive ketones (excluding diaryl/α,β-unsaturated/α-hetero) is 1. The molecule has 1 atom stereocenters. The average molecular weight is 346 g/mol. The predicted molar refractivity (Wildman–Crippen MR) is 93.4 cm³/mol. The van der Waals surface area contributed by atoms with Gasteiger partial charge in [-0.3, -0.25) is 9.69 Å². The van der Waals surface area contributed by atoms with Crippen molar-refractivity contribution in [1.29, 1.82) is 0 Å². The van der Waals surface area contributed by atoms with E-state index in [4.69, 9.17) is 4.74 Å². The van der Waals surface area contributed by atoms with E-state index in [0.29, 0.717) is 28.1 Å². The number of hydrogen-bond donors (Lipinski definition) is 1. The van der Waals surface area contributed by atoms with E-state index >= 15 is 0 Å². The summed E-state index contributed by atoms with van der Waals surface area (Å²) in [4.78, 5) is 29.2. The molecule has 2 aromatic rings. The zero-order chi connectivity index (χ0) is 18.7. The molecule has 25 heavy (non-hydrogen) atoms. The molecular formula is C19H23FN2O3. The Morgan fingerprint density at radius 1 is 1.28 bits per heavy atom. The van der Waals surface area contributed by atoms with Crippen LogP contribution in [0.15, 0.2) is 24.3 Å². The fourth-order valence-electron chi connectivity index (χ4n) is 2.93. The third kappa shape index (κ3) is 3.79. The third-order valence-corrected chi connectivity index (χ3v) is 4.52. The van der Waals surface area contributed by atoms with Crippen molar-refractivity contribution < 1.29 is 18.7 Å². The Morgan fingerprint density at radius 2 is 1.92 bits per heavy atom. The highest BCUT2D eigenvalue weighted by Gasteiger charge is 2.24. The number of carbonyl (C=O) groups excluding carboxylic acids is 2. The second kappa shape index (κ2) is 7.61. The van der Waals surface area contributed by atoms with Crippen molar-refractivity contribution in [3.8, 4) is 0 Å². The van der Waals surface area contributed by atoms with Crippen LogP contribution < -0.4 is 0 Å². The lowest BCUT2D eigenvalue weighted by molar-refractivity contribution is 0.0599. The zero-order valence-corrected chi connectivity index (χ0v) is 15.1. The highest BCUT2D eigenvalue weighted by atomic mass is 19.1. The van der Waals surface area contributed by atoms with Crippen LogP contribution in [0, 0.1) is 19.7 Å². The number of aromatic amines is 1. The molecular weight excluding hydrogens is 323 g/mol. The van der Waals surface area contributed by atoms with Gasteiger partial charge in [0.25, 0.3) is 0 Å². The van der Waals surface area contributed by atoms with Crippen molar-refractivity contribution in [2.24, 2.45) is 0 Å². The van der Waals surface area contributed by atoms with Gasteiger partial charge in [0, 0.05) is 17.3 Å². The highest BCUT2D eigenvalue weighted by Crippen LogP contribution is 2.23. The SMILES string of the molecule is COC(=O)c1c(C)[nH]c(C(=O)CN(C)C(C)c2ccccc2F)c1C. The number of halogens is 1. The Hall–Kier alpha value is -2.47. The minimum atomic E-state index is -0.474. The molecule has 0 bridgehead atoms. The largest absolute Gasteiger partial charge is 0.465 e. The van der Waals surface area contributed by atoms with Gasteiger partial charge in [-0.15, -0.1) is 0 Å². The number of ketones is 1. The molecule has 134 valence electrons. The number of nitrogens with one attached hydrogen (secondary N) is 1. The summed E-state index contributed by atoms with van der Waals surface area (Å²) in [6.45, 7) is 5.38. The minimum absolute atomic E-state index is 0.0942. The first-order valence-electron chi connectivity index (χ1n) is 8.03. The molecule has 0 radical (unpaired) electrons. The number of carbonyl (C=O) groups is 2. The normalized spacial score (nSPS) is 12.3. The molecule has 0 saturated carbocycles. The van der Waals surface area contributed by atoms with Gasteiger partial charge in [-0.2, -0.15) is 0 Å². The summed E-state index contributed by atoms with van der Waals surface area (Å²) in [7, 11) is 3.07. The summed E-state index contributed by atoms with van der Waals surface area (Å²) in [5, 5.41) is 0. The summed E-state index contributed by atoms with van der Waals surface area (Å²) in [6, 6.07) is 6.26. The maximum atomic E-state index is 13.9. The second-order valence-electron chi connectivity index (χ2n) is 6.15. The Balaban J connectivity index is 2.20. The first-order valence-corrected chi connectivity index (χ1v) is 8.03. The van der Waals surface area contributed by atoms with E-state index in [1.165, 1.54) is 13.2 Å². The van der Waals surface area contributed by atoms with Crippen LogP contribution >= 0.6 is 0 Å². The Kier molecular flexibility index (Phi) is 5.74. The summed E-state index contributed by atoms with van der Waals surface area (Å²) in [5.41, 5.74) is 2.47. The zero-order valence-electron chi connectivity index (χ0n) is 15.1. The van der Waals surface area contributed by atoms with Crippen molar-refractivity contribution in [2.75, 3.05) is 20.7 Å². The van der Waals surface area contributed by atoms with Crippen LogP contribution in [-0.2, 0) is 4.74 Å². The van der Waals surface area contributed by atoms with Crippen molar-refractivity contribution in [3.05, 3.63) is 58.2 Å². The molecule has 1 N–H and O–H groups in total. The molecule has 1 unspecified atom stereocenters. The number of likely N-dealkylation sites (N-methyl/N-ethyl adjacent to an activating group) is 1. The fourth-order valence-corrected chi connectivity index (χ4v) is 2.93. The molecule has 0 amide bonds. The number of rotatable bonds is 6. The third-order valence-electron chi connectivity index (χ3n) is 4.52. The van der Waals surface area contributed by atoms with E-state index in [9.17, 15) is 14.0 Å². The van der Waals surface area contributed by atoms with Crippen molar-refractivity contribution in [1.82, 2.24) is 9.88 Å². The molecule has 6 heteroatoms. The number of aromatic nitrogens is 1. The van der Waals surface area contributed by atoms with Crippen LogP contribution in [0.4, 0.5) is 4.39 Å². The van der Waals surface area contributed by atoms with Gasteiger partial charge < -0.3 is 9.72 Å². The Bertz CT molecular complexity index is 798. The molecule has 1 aromatic heterocycles. The molecule has 0 aliphatic rings. The number of H-pyrrole nitrogens is 1. The summed E-state index contributed by atoms with van der Waals surface area (Å²) in [6.07, 6.45) is 0. The lowest BCUT2D eigenvalue weighted by Gasteiger charge is -2.24. The van der Waals surface area contributed by atoms with Crippen LogP contribution in [0.3, 0.4) is 0 Å². The number of methoxy groups -OCH3 is 1. The predicted octanol–water partition coefficient (Wildman–Crippen LogP) is 3.43. The highest BCUT2D eigenvalue weighted by molar-refractivity contribution is 6.02. The van der Waals surface area contributed by atoms with E-state index in [0.717, 1.165) is 0 Å². The van der Waals surface area contributed by atoms with Crippen LogP contribution in [0.2, 0.25) is 0 Å². The second-order valence-corrected chi connectivity index (χ2v) is 6.15. The Morgan fingerprint density at radius 3 is 2.52 bits per heavy atom. The van der Waals surface area contributed by atoms with Gasteiger partial charge >= 0.3 is 5.97 Å². The lowest BCUT2D eigenvalue weighted by Crippen LogP contribution is -2.29. The van der Waals surface area contributed by atoms with Crippen LogP contribution in [0.5, 0.6) is 0 Å². The number of benzene rings is 1. The van der Waals surface area contributed by atoms with Gasteiger partial charge in [-0.25, -0.2) is 9.18 Å². The van der Waals surface area contributed by atoms with Gasteiger partial charge in [0.15, 0.2) is 5.78 Å². The van der Waals surface area contributed by atoms with E-state index in [1.54, 1.807) is 44.0 Å². The van der Waals surface area contributed by atoms with Gasteiger partial charge in [0.05, 0.1) is 24.9 Å². The smallest absolute Gasteiger partial charge is 0.339 e. The molecule has 1 heterocycles. The van der Waals surface area contributed by atoms with Crippen LogP contribution in [-0.4, -0.2) is 42.3 Å². The van der Waals surface area contributed by atoms with Crippen molar-refractivity contribution in [2.45, 2.75) is 26.8 Å². The van der Waals surface area contributed by atoms with Crippen LogP contribution in [0.25, 0.3) is 0 Å². The Labute approximate surface area is 146 Å². The van der Waals surface area contributed by atoms with E-state index in [-0.39, 0.29) is 24.2 Å². The van der Waals surface area contributed by atoms with Gasteiger partial charge in [-0.05, 0) is 39.4 Å². The van der Waals surface area contributed by atoms with Gasteiger partial charge in [-0.1, -0.05) is 18.2 Å². The summed E-state index contributed by atoms with van der Waals surface area (Å²) in [5.74, 6) is -0.936. The first kappa shape index (κ1) is 18.9. The summed E-state index contributed by atoms with van der Waals surface area (Å²) >= 11 is 0. The number of nitrogens with zero attached hydrogens (tertiary/aromatic N) is 1. The molecule has 0 spiro atoms. The quantitative estimate of drug-likeness (QED) is 0.643. The molecule has 0 saturated heterocycles. The molecule has 0 aliphatic heterocycles. The van der Waals surface area contributed by atoms with E-state index in [1.807, 2.05) is 6.92 Å². The van der Waals surface area contributed by atoms with Crippen molar-refractivity contribution in [3.63, 3.8) is 0 Å².